The Kier molecular flexibility index (Phi) is 3.29. The van der Waals surface area contributed by atoms with Crippen molar-refractivity contribution in [3.8, 4) is 0 Å². The fourth-order valence-electron chi connectivity index (χ4n) is 3.13. The Balaban J connectivity index is 1.96. The first kappa shape index (κ1) is 10.9. The van der Waals surface area contributed by atoms with Gasteiger partial charge in [0.25, 0.3) is 0 Å². The van der Waals surface area contributed by atoms with E-state index in [1.54, 1.807) is 0 Å². The fraction of sp³-hybridized carbons (Fsp3) is 0.917. The number of carbonyl (C=O) groups is 1. The largest absolute Gasteiger partial charge is 0.480 e. The zero-order valence-corrected chi connectivity index (χ0v) is 9.30. The molecule has 2 rings (SSSR count). The van der Waals surface area contributed by atoms with Gasteiger partial charge in [0, 0.05) is 0 Å². The van der Waals surface area contributed by atoms with Crippen LogP contribution in [0.2, 0.25) is 0 Å². The summed E-state index contributed by atoms with van der Waals surface area (Å²) in [6, 6.07) is 0. The third-order valence-electron chi connectivity index (χ3n) is 4.01. The summed E-state index contributed by atoms with van der Waals surface area (Å²) < 4.78 is 0. The third-order valence-corrected chi connectivity index (χ3v) is 4.01. The van der Waals surface area contributed by atoms with Crippen molar-refractivity contribution in [1.82, 2.24) is 5.32 Å². The van der Waals surface area contributed by atoms with Crippen LogP contribution in [0.5, 0.6) is 0 Å². The smallest absolute Gasteiger partial charge is 0.323 e. The van der Waals surface area contributed by atoms with Crippen LogP contribution < -0.4 is 5.32 Å². The lowest BCUT2D eigenvalue weighted by Crippen LogP contribution is -2.49. The van der Waals surface area contributed by atoms with Crippen molar-refractivity contribution in [3.05, 3.63) is 0 Å². The highest BCUT2D eigenvalue weighted by Crippen LogP contribution is 2.34. The molecule has 1 saturated carbocycles. The molecule has 0 aromatic rings. The summed E-state index contributed by atoms with van der Waals surface area (Å²) in [6.07, 6.45) is 9.07. The number of carboxylic acid groups (broad SMARTS) is 1. The topological polar surface area (TPSA) is 49.3 Å². The van der Waals surface area contributed by atoms with Gasteiger partial charge in [-0.15, -0.1) is 0 Å². The number of nitrogens with one attached hydrogen (secondary N) is 1. The molecule has 3 nitrogen and oxygen atoms in total. The quantitative estimate of drug-likeness (QED) is 0.752. The van der Waals surface area contributed by atoms with Gasteiger partial charge in [0.1, 0.15) is 5.54 Å². The van der Waals surface area contributed by atoms with E-state index in [-0.39, 0.29) is 0 Å². The number of rotatable bonds is 3. The van der Waals surface area contributed by atoms with Crippen LogP contribution >= 0.6 is 0 Å². The second-order valence-corrected chi connectivity index (χ2v) is 5.13. The zero-order chi connectivity index (χ0) is 10.7. The van der Waals surface area contributed by atoms with Crippen LogP contribution in [0.4, 0.5) is 0 Å². The van der Waals surface area contributed by atoms with Crippen molar-refractivity contribution in [2.75, 3.05) is 6.54 Å². The monoisotopic (exact) mass is 211 g/mol. The lowest BCUT2D eigenvalue weighted by atomic mass is 9.78. The molecule has 2 N–H and O–H groups in total. The van der Waals surface area contributed by atoms with E-state index >= 15 is 0 Å². The summed E-state index contributed by atoms with van der Waals surface area (Å²) in [5.41, 5.74) is -0.581. The van der Waals surface area contributed by atoms with Crippen LogP contribution in [0.3, 0.4) is 0 Å². The minimum atomic E-state index is -0.634. The second-order valence-electron chi connectivity index (χ2n) is 5.13. The van der Waals surface area contributed by atoms with E-state index in [2.05, 4.69) is 5.32 Å². The normalized spacial score (nSPS) is 33.1. The fourth-order valence-corrected chi connectivity index (χ4v) is 3.13. The van der Waals surface area contributed by atoms with Gasteiger partial charge in [-0.1, -0.05) is 32.1 Å². The zero-order valence-electron chi connectivity index (χ0n) is 9.30. The van der Waals surface area contributed by atoms with Gasteiger partial charge in [-0.05, 0) is 31.7 Å². The van der Waals surface area contributed by atoms with Gasteiger partial charge in [-0.2, -0.15) is 0 Å². The number of carboxylic acids is 1. The molecular weight excluding hydrogens is 190 g/mol. The van der Waals surface area contributed by atoms with Crippen LogP contribution in [-0.4, -0.2) is 23.2 Å². The summed E-state index contributed by atoms with van der Waals surface area (Å²) in [4.78, 5) is 11.3. The van der Waals surface area contributed by atoms with Gasteiger partial charge in [0.15, 0.2) is 0 Å². The van der Waals surface area contributed by atoms with Crippen LogP contribution in [0.1, 0.15) is 51.4 Å². The second kappa shape index (κ2) is 4.52. The Labute approximate surface area is 91.2 Å². The van der Waals surface area contributed by atoms with E-state index in [4.69, 9.17) is 0 Å². The van der Waals surface area contributed by atoms with Crippen molar-refractivity contribution >= 4 is 5.97 Å². The number of aliphatic carboxylic acids is 1. The molecule has 1 heterocycles. The summed E-state index contributed by atoms with van der Waals surface area (Å²) >= 11 is 0. The van der Waals surface area contributed by atoms with Gasteiger partial charge < -0.3 is 10.4 Å². The van der Waals surface area contributed by atoms with Crippen LogP contribution in [0.15, 0.2) is 0 Å². The molecule has 0 amide bonds. The average Bonchev–Trinajstić information content (AvgIpc) is 2.69. The molecule has 0 spiro atoms. The highest BCUT2D eigenvalue weighted by Gasteiger charge is 2.42. The average molecular weight is 211 g/mol. The van der Waals surface area contributed by atoms with Crippen LogP contribution in [0.25, 0.3) is 0 Å². The lowest BCUT2D eigenvalue weighted by molar-refractivity contribution is -0.145. The lowest BCUT2D eigenvalue weighted by Gasteiger charge is -2.31. The molecule has 1 aliphatic carbocycles. The van der Waals surface area contributed by atoms with E-state index in [0.717, 1.165) is 25.8 Å². The standard InChI is InChI=1S/C12H21NO2/c14-11(15)12(7-4-8-13-12)9-10-5-2-1-3-6-10/h10,13H,1-9H2,(H,14,15)/t12-/m1/s1. The van der Waals surface area contributed by atoms with E-state index in [1.807, 2.05) is 0 Å². The molecule has 15 heavy (non-hydrogen) atoms. The van der Waals surface area contributed by atoms with Crippen molar-refractivity contribution < 1.29 is 9.90 Å². The molecule has 0 aromatic carbocycles. The van der Waals surface area contributed by atoms with E-state index in [0.29, 0.717) is 5.92 Å². The summed E-state index contributed by atoms with van der Waals surface area (Å²) in [6.45, 7) is 0.874. The number of hydrogen-bond donors (Lipinski definition) is 2. The molecule has 3 heteroatoms. The van der Waals surface area contributed by atoms with Gasteiger partial charge in [-0.25, -0.2) is 0 Å². The van der Waals surface area contributed by atoms with Gasteiger partial charge in [0.2, 0.25) is 0 Å². The highest BCUT2D eigenvalue weighted by molar-refractivity contribution is 5.79. The predicted octanol–water partition coefficient (Wildman–Crippen LogP) is 2.16. The summed E-state index contributed by atoms with van der Waals surface area (Å²) in [5, 5.41) is 12.5. The van der Waals surface area contributed by atoms with Crippen LogP contribution in [0, 0.1) is 5.92 Å². The Morgan fingerprint density at radius 1 is 1.27 bits per heavy atom. The van der Waals surface area contributed by atoms with E-state index < -0.39 is 11.5 Å². The predicted molar refractivity (Wildman–Crippen MR) is 58.8 cm³/mol. The minimum absolute atomic E-state index is 0.581. The van der Waals surface area contributed by atoms with Gasteiger partial charge in [-0.3, -0.25) is 4.79 Å². The molecule has 0 unspecified atom stereocenters. The van der Waals surface area contributed by atoms with Crippen LogP contribution in [-0.2, 0) is 4.79 Å². The molecule has 0 bridgehead atoms. The highest BCUT2D eigenvalue weighted by atomic mass is 16.4. The Hall–Kier alpha value is -0.570. The Bertz CT molecular complexity index is 228. The van der Waals surface area contributed by atoms with Crippen molar-refractivity contribution in [2.24, 2.45) is 5.92 Å². The van der Waals surface area contributed by atoms with E-state index in [1.165, 1.54) is 32.1 Å². The van der Waals surface area contributed by atoms with Gasteiger partial charge >= 0.3 is 5.97 Å². The maximum atomic E-state index is 11.3. The first-order chi connectivity index (χ1) is 7.23. The molecule has 1 saturated heterocycles. The van der Waals surface area contributed by atoms with E-state index in [9.17, 15) is 9.90 Å². The first-order valence-corrected chi connectivity index (χ1v) is 6.21. The van der Waals surface area contributed by atoms with Crippen molar-refractivity contribution in [3.63, 3.8) is 0 Å². The Morgan fingerprint density at radius 2 is 2.00 bits per heavy atom. The molecule has 2 aliphatic rings. The molecule has 0 aromatic heterocycles. The maximum absolute atomic E-state index is 11.3. The first-order valence-electron chi connectivity index (χ1n) is 6.21. The molecule has 0 radical (unpaired) electrons. The maximum Gasteiger partial charge on any atom is 0.323 e. The summed E-state index contributed by atoms with van der Waals surface area (Å²) in [7, 11) is 0. The summed E-state index contributed by atoms with van der Waals surface area (Å²) in [5.74, 6) is 0.00558. The van der Waals surface area contributed by atoms with Crippen molar-refractivity contribution in [2.45, 2.75) is 56.9 Å². The molecule has 1 aliphatic heterocycles. The minimum Gasteiger partial charge on any atom is -0.480 e. The van der Waals surface area contributed by atoms with Crippen molar-refractivity contribution in [1.29, 1.82) is 0 Å². The molecule has 86 valence electrons. The van der Waals surface area contributed by atoms with Gasteiger partial charge in [0.05, 0.1) is 0 Å². The SMILES string of the molecule is O=C(O)[C@]1(CC2CCCCC2)CCCN1. The Morgan fingerprint density at radius 3 is 2.53 bits per heavy atom. The third kappa shape index (κ3) is 2.33. The molecule has 2 fully saturated rings. The molecular formula is C12H21NO2. The number of hydrogen-bond acceptors (Lipinski definition) is 2. The molecule has 1 atom stereocenters.